The molecular weight excluding hydrogens is 240 g/mol. The Labute approximate surface area is 112 Å². The molecule has 0 aliphatic heterocycles. The van der Waals surface area contributed by atoms with Gasteiger partial charge in [0.05, 0.1) is 0 Å². The van der Waals surface area contributed by atoms with Crippen LogP contribution in [-0.4, -0.2) is 11.6 Å². The molecule has 0 atom stereocenters. The van der Waals surface area contributed by atoms with E-state index in [0.29, 0.717) is 17.0 Å². The minimum absolute atomic E-state index is 0.234. The summed E-state index contributed by atoms with van der Waals surface area (Å²) in [6, 6.07) is 11.0. The van der Waals surface area contributed by atoms with Crippen LogP contribution in [0.15, 0.2) is 45.9 Å². The van der Waals surface area contributed by atoms with Gasteiger partial charge in [-0.15, -0.1) is 0 Å². The van der Waals surface area contributed by atoms with Crippen LogP contribution >= 0.6 is 0 Å². The highest BCUT2D eigenvalue weighted by atomic mass is 16.3. The van der Waals surface area contributed by atoms with E-state index in [0.717, 1.165) is 11.3 Å². The molecule has 19 heavy (non-hydrogen) atoms. The second-order valence-corrected chi connectivity index (χ2v) is 4.41. The summed E-state index contributed by atoms with van der Waals surface area (Å²) in [5, 5.41) is 4.03. The molecule has 0 radical (unpaired) electrons. The van der Waals surface area contributed by atoms with Gasteiger partial charge in [0.15, 0.2) is 0 Å². The maximum Gasteiger partial charge on any atom is 0.271 e. The van der Waals surface area contributed by atoms with Crippen molar-refractivity contribution in [1.29, 1.82) is 0 Å². The summed E-state index contributed by atoms with van der Waals surface area (Å²) in [6.07, 6.45) is 0. The zero-order chi connectivity index (χ0) is 13.8. The standard InChI is InChI=1S/C15H16N2O2/c1-10-4-7-13(8-5-10)15(18)17-16-12(3)14-9-6-11(2)19-14/h4-9H,1-3H3,(H,17,18)/b16-12+. The van der Waals surface area contributed by atoms with Gasteiger partial charge in [-0.25, -0.2) is 5.43 Å². The second kappa shape index (κ2) is 5.52. The summed E-state index contributed by atoms with van der Waals surface area (Å²) in [5.41, 5.74) is 4.84. The third-order valence-electron chi connectivity index (χ3n) is 2.74. The number of carbonyl (C=O) groups is 1. The molecule has 2 rings (SSSR count). The van der Waals surface area contributed by atoms with Crippen molar-refractivity contribution >= 4 is 11.6 Å². The van der Waals surface area contributed by atoms with Crippen LogP contribution < -0.4 is 5.43 Å². The predicted octanol–water partition coefficient (Wildman–Crippen LogP) is 3.05. The lowest BCUT2D eigenvalue weighted by Gasteiger charge is -2.01. The van der Waals surface area contributed by atoms with E-state index >= 15 is 0 Å². The van der Waals surface area contributed by atoms with Gasteiger partial charge in [-0.1, -0.05) is 17.7 Å². The van der Waals surface area contributed by atoms with E-state index in [1.165, 1.54) is 0 Å². The Kier molecular flexibility index (Phi) is 3.80. The van der Waals surface area contributed by atoms with E-state index in [1.807, 2.05) is 38.1 Å². The molecule has 1 aromatic heterocycles. The smallest absolute Gasteiger partial charge is 0.271 e. The van der Waals surface area contributed by atoms with Crippen LogP contribution in [0, 0.1) is 13.8 Å². The van der Waals surface area contributed by atoms with E-state index in [4.69, 9.17) is 4.42 Å². The number of carbonyl (C=O) groups excluding carboxylic acids is 1. The second-order valence-electron chi connectivity index (χ2n) is 4.41. The van der Waals surface area contributed by atoms with E-state index in [9.17, 15) is 4.79 Å². The first-order valence-electron chi connectivity index (χ1n) is 6.04. The van der Waals surface area contributed by atoms with Crippen molar-refractivity contribution in [2.45, 2.75) is 20.8 Å². The summed E-state index contributed by atoms with van der Waals surface area (Å²) in [4.78, 5) is 11.8. The van der Waals surface area contributed by atoms with Gasteiger partial charge in [0.25, 0.3) is 5.91 Å². The zero-order valence-electron chi connectivity index (χ0n) is 11.2. The molecule has 0 aliphatic carbocycles. The number of rotatable bonds is 3. The number of nitrogens with zero attached hydrogens (tertiary/aromatic N) is 1. The summed E-state index contributed by atoms with van der Waals surface area (Å²) in [5.74, 6) is 1.23. The Balaban J connectivity index is 2.05. The predicted molar refractivity (Wildman–Crippen MR) is 74.3 cm³/mol. The molecule has 1 aromatic carbocycles. The Bertz CT molecular complexity index is 609. The number of hydrazone groups is 1. The molecule has 0 unspecified atom stereocenters. The van der Waals surface area contributed by atoms with Gasteiger partial charge in [0.1, 0.15) is 17.2 Å². The SMILES string of the molecule is C/C(=N\NC(=O)c1ccc(C)cc1)c1ccc(C)o1. The fraction of sp³-hybridized carbons (Fsp3) is 0.200. The van der Waals surface area contributed by atoms with Crippen LogP contribution in [0.3, 0.4) is 0 Å². The Morgan fingerprint density at radius 1 is 1.11 bits per heavy atom. The average Bonchev–Trinajstić information content (AvgIpc) is 2.83. The lowest BCUT2D eigenvalue weighted by molar-refractivity contribution is 0.0955. The molecule has 0 saturated carbocycles. The first kappa shape index (κ1) is 13.1. The quantitative estimate of drug-likeness (QED) is 0.677. The molecular formula is C15H16N2O2. The van der Waals surface area contributed by atoms with Crippen LogP contribution in [-0.2, 0) is 0 Å². The highest BCUT2D eigenvalue weighted by Gasteiger charge is 2.06. The number of hydrogen-bond acceptors (Lipinski definition) is 3. The van der Waals surface area contributed by atoms with E-state index in [1.54, 1.807) is 19.1 Å². The van der Waals surface area contributed by atoms with Crippen molar-refractivity contribution in [3.05, 3.63) is 59.0 Å². The third kappa shape index (κ3) is 3.31. The fourth-order valence-corrected chi connectivity index (χ4v) is 1.59. The van der Waals surface area contributed by atoms with Gasteiger partial charge in [-0.05, 0) is 45.0 Å². The molecule has 0 aliphatic rings. The lowest BCUT2D eigenvalue weighted by Crippen LogP contribution is -2.19. The molecule has 2 aromatic rings. The molecule has 0 bridgehead atoms. The minimum Gasteiger partial charge on any atom is -0.460 e. The average molecular weight is 256 g/mol. The van der Waals surface area contributed by atoms with Crippen molar-refractivity contribution in [2.24, 2.45) is 5.10 Å². The minimum atomic E-state index is -0.234. The summed E-state index contributed by atoms with van der Waals surface area (Å²) >= 11 is 0. The summed E-state index contributed by atoms with van der Waals surface area (Å²) in [7, 11) is 0. The molecule has 4 heteroatoms. The van der Waals surface area contributed by atoms with Crippen molar-refractivity contribution in [3.8, 4) is 0 Å². The molecule has 1 N–H and O–H groups in total. The van der Waals surface area contributed by atoms with Gasteiger partial charge in [-0.2, -0.15) is 5.10 Å². The Hall–Kier alpha value is -2.36. The van der Waals surface area contributed by atoms with Crippen LogP contribution in [0.2, 0.25) is 0 Å². The third-order valence-corrected chi connectivity index (χ3v) is 2.74. The van der Waals surface area contributed by atoms with Crippen LogP contribution in [0.1, 0.15) is 34.4 Å². The normalized spacial score (nSPS) is 11.4. The van der Waals surface area contributed by atoms with E-state index in [2.05, 4.69) is 10.5 Å². The van der Waals surface area contributed by atoms with Crippen LogP contribution in [0.4, 0.5) is 0 Å². The van der Waals surface area contributed by atoms with Gasteiger partial charge in [0.2, 0.25) is 0 Å². The largest absolute Gasteiger partial charge is 0.460 e. The maximum absolute atomic E-state index is 11.8. The topological polar surface area (TPSA) is 54.6 Å². The van der Waals surface area contributed by atoms with Crippen molar-refractivity contribution in [3.63, 3.8) is 0 Å². The van der Waals surface area contributed by atoms with Gasteiger partial charge in [-0.3, -0.25) is 4.79 Å². The molecule has 1 amide bonds. The fourth-order valence-electron chi connectivity index (χ4n) is 1.59. The van der Waals surface area contributed by atoms with Gasteiger partial charge in [0, 0.05) is 5.56 Å². The summed E-state index contributed by atoms with van der Waals surface area (Å²) < 4.78 is 5.42. The molecule has 0 saturated heterocycles. The maximum atomic E-state index is 11.8. The monoisotopic (exact) mass is 256 g/mol. The molecule has 0 spiro atoms. The first-order chi connectivity index (χ1) is 9.06. The van der Waals surface area contributed by atoms with Crippen LogP contribution in [0.5, 0.6) is 0 Å². The number of nitrogens with one attached hydrogen (secondary N) is 1. The molecule has 0 fully saturated rings. The van der Waals surface area contributed by atoms with Crippen molar-refractivity contribution in [2.75, 3.05) is 0 Å². The number of aryl methyl sites for hydroxylation is 2. The van der Waals surface area contributed by atoms with Gasteiger partial charge >= 0.3 is 0 Å². The van der Waals surface area contributed by atoms with Gasteiger partial charge < -0.3 is 4.42 Å². The van der Waals surface area contributed by atoms with E-state index in [-0.39, 0.29) is 5.91 Å². The number of benzene rings is 1. The lowest BCUT2D eigenvalue weighted by atomic mass is 10.1. The zero-order valence-corrected chi connectivity index (χ0v) is 11.2. The Morgan fingerprint density at radius 2 is 1.79 bits per heavy atom. The molecule has 4 nitrogen and oxygen atoms in total. The highest BCUT2D eigenvalue weighted by Crippen LogP contribution is 2.07. The number of furan rings is 1. The Morgan fingerprint density at radius 3 is 2.37 bits per heavy atom. The summed E-state index contributed by atoms with van der Waals surface area (Å²) in [6.45, 7) is 5.62. The first-order valence-corrected chi connectivity index (χ1v) is 6.04. The molecule has 98 valence electrons. The number of hydrogen-bond donors (Lipinski definition) is 1. The van der Waals surface area contributed by atoms with Crippen molar-refractivity contribution < 1.29 is 9.21 Å². The van der Waals surface area contributed by atoms with Crippen molar-refractivity contribution in [1.82, 2.24) is 5.43 Å². The van der Waals surface area contributed by atoms with E-state index < -0.39 is 0 Å². The number of amides is 1. The van der Waals surface area contributed by atoms with Crippen LogP contribution in [0.25, 0.3) is 0 Å². The molecule has 1 heterocycles. The highest BCUT2D eigenvalue weighted by molar-refractivity contribution is 5.99.